The summed E-state index contributed by atoms with van der Waals surface area (Å²) in [4.78, 5) is 32.9. The lowest BCUT2D eigenvalue weighted by Gasteiger charge is -2.24. The Labute approximate surface area is 182 Å². The highest BCUT2D eigenvalue weighted by molar-refractivity contribution is 6.00. The molecule has 3 heterocycles. The molecule has 1 aliphatic rings. The Kier molecular flexibility index (Phi) is 6.02. The van der Waals surface area contributed by atoms with Crippen molar-refractivity contribution in [3.8, 4) is 0 Å². The van der Waals surface area contributed by atoms with E-state index in [-0.39, 0.29) is 17.9 Å². The minimum absolute atomic E-state index is 0.0194. The maximum Gasteiger partial charge on any atom is 0.253 e. The van der Waals surface area contributed by atoms with E-state index in [1.54, 1.807) is 6.20 Å². The Balaban J connectivity index is 1.60. The topological polar surface area (TPSA) is 80.1 Å². The van der Waals surface area contributed by atoms with Crippen molar-refractivity contribution >= 4 is 22.8 Å². The third-order valence-corrected chi connectivity index (χ3v) is 5.80. The maximum absolute atomic E-state index is 13.2. The van der Waals surface area contributed by atoms with Crippen molar-refractivity contribution in [2.75, 3.05) is 13.1 Å². The van der Waals surface area contributed by atoms with Crippen LogP contribution >= 0.6 is 0 Å². The molecule has 0 spiro atoms. The summed E-state index contributed by atoms with van der Waals surface area (Å²) in [6.07, 6.45) is 4.21. The number of nitrogens with one attached hydrogen (secondary N) is 1. The summed E-state index contributed by atoms with van der Waals surface area (Å²) in [6, 6.07) is 11.2. The molecule has 0 bridgehead atoms. The van der Waals surface area contributed by atoms with E-state index in [9.17, 15) is 9.59 Å². The highest BCUT2D eigenvalue weighted by atomic mass is 16.2. The number of benzene rings is 1. The number of hydrogen-bond donors (Lipinski definition) is 1. The van der Waals surface area contributed by atoms with Gasteiger partial charge in [-0.15, -0.1) is 0 Å². The van der Waals surface area contributed by atoms with Crippen molar-refractivity contribution in [2.24, 2.45) is 0 Å². The van der Waals surface area contributed by atoms with Gasteiger partial charge in [-0.1, -0.05) is 30.3 Å². The number of hydrogen-bond acceptors (Lipinski definition) is 4. The van der Waals surface area contributed by atoms with Crippen LogP contribution in [0.5, 0.6) is 0 Å². The summed E-state index contributed by atoms with van der Waals surface area (Å²) < 4.78 is 1.85. The van der Waals surface area contributed by atoms with Gasteiger partial charge in [0.25, 0.3) is 5.91 Å². The van der Waals surface area contributed by atoms with Gasteiger partial charge in [0.1, 0.15) is 6.04 Å². The standard InChI is InChI=1S/C24H29N5O2/c1-16(2)29-22-19(15-25-29)14-20(17(3)26-22)23(30)27-21(13-18-9-5-4-6-10-18)24(31)28-11-7-8-12-28/h4-6,9-10,14-16,21H,7-8,11-13H2,1-3H3,(H,27,30). The predicted octanol–water partition coefficient (Wildman–Crippen LogP) is 3.28. The number of fused-ring (bicyclic) bond motifs is 1. The van der Waals surface area contributed by atoms with E-state index in [0.29, 0.717) is 17.7 Å². The number of aromatic nitrogens is 3. The number of pyridine rings is 1. The van der Waals surface area contributed by atoms with Crippen molar-refractivity contribution in [1.82, 2.24) is 25.0 Å². The summed E-state index contributed by atoms with van der Waals surface area (Å²) in [5, 5.41) is 8.21. The van der Waals surface area contributed by atoms with Crippen molar-refractivity contribution in [2.45, 2.75) is 52.1 Å². The Morgan fingerprint density at radius 1 is 1.13 bits per heavy atom. The van der Waals surface area contributed by atoms with Crippen LogP contribution in [-0.4, -0.2) is 50.6 Å². The third-order valence-electron chi connectivity index (χ3n) is 5.80. The third kappa shape index (κ3) is 4.45. The van der Waals surface area contributed by atoms with Gasteiger partial charge in [-0.3, -0.25) is 9.59 Å². The van der Waals surface area contributed by atoms with E-state index < -0.39 is 6.04 Å². The first-order valence-corrected chi connectivity index (χ1v) is 10.9. The fourth-order valence-electron chi connectivity index (χ4n) is 4.12. The second-order valence-electron chi connectivity index (χ2n) is 8.47. The van der Waals surface area contributed by atoms with Crippen LogP contribution in [0.4, 0.5) is 0 Å². The average molecular weight is 420 g/mol. The average Bonchev–Trinajstić information content (AvgIpc) is 3.42. The number of aryl methyl sites for hydroxylation is 1. The van der Waals surface area contributed by atoms with Crippen LogP contribution < -0.4 is 5.32 Å². The summed E-state index contributed by atoms with van der Waals surface area (Å²) >= 11 is 0. The molecule has 7 nitrogen and oxygen atoms in total. The lowest BCUT2D eigenvalue weighted by molar-refractivity contribution is -0.132. The van der Waals surface area contributed by atoms with Crippen molar-refractivity contribution in [3.63, 3.8) is 0 Å². The molecule has 0 aliphatic carbocycles. The molecular weight excluding hydrogens is 390 g/mol. The Hall–Kier alpha value is -3.22. The van der Waals surface area contributed by atoms with E-state index in [1.165, 1.54) is 0 Å². The van der Waals surface area contributed by atoms with Crippen LogP contribution in [0.1, 0.15) is 54.3 Å². The van der Waals surface area contributed by atoms with Crippen LogP contribution in [0.15, 0.2) is 42.6 Å². The molecule has 1 aliphatic heterocycles. The molecule has 1 N–H and O–H groups in total. The molecule has 2 amide bonds. The second-order valence-corrected chi connectivity index (χ2v) is 8.47. The van der Waals surface area contributed by atoms with E-state index >= 15 is 0 Å². The number of likely N-dealkylation sites (tertiary alicyclic amines) is 1. The molecule has 1 saturated heterocycles. The minimum atomic E-state index is -0.610. The van der Waals surface area contributed by atoms with Gasteiger partial charge in [0.05, 0.1) is 17.5 Å². The van der Waals surface area contributed by atoms with Gasteiger partial charge in [0.2, 0.25) is 5.91 Å². The lowest BCUT2D eigenvalue weighted by Crippen LogP contribution is -2.49. The summed E-state index contributed by atoms with van der Waals surface area (Å²) in [5.74, 6) is -0.299. The monoisotopic (exact) mass is 419 g/mol. The number of amides is 2. The Morgan fingerprint density at radius 3 is 2.52 bits per heavy atom. The van der Waals surface area contributed by atoms with E-state index in [1.807, 2.05) is 66.8 Å². The number of nitrogens with zero attached hydrogens (tertiary/aromatic N) is 4. The number of rotatable bonds is 6. The molecule has 0 saturated carbocycles. The van der Waals surface area contributed by atoms with Crippen LogP contribution in [0.3, 0.4) is 0 Å². The first kappa shape index (κ1) is 21.0. The Bertz CT molecular complexity index is 1080. The van der Waals surface area contributed by atoms with Crippen molar-refractivity contribution < 1.29 is 9.59 Å². The fourth-order valence-corrected chi connectivity index (χ4v) is 4.12. The SMILES string of the molecule is Cc1nc2c(cnn2C(C)C)cc1C(=O)NC(Cc1ccccc1)C(=O)N1CCCC1. The van der Waals surface area contributed by atoms with Crippen LogP contribution in [0, 0.1) is 6.92 Å². The van der Waals surface area contributed by atoms with Gasteiger partial charge in [0, 0.05) is 30.9 Å². The zero-order valence-electron chi connectivity index (χ0n) is 18.3. The van der Waals surface area contributed by atoms with Gasteiger partial charge in [-0.25, -0.2) is 9.67 Å². The largest absolute Gasteiger partial charge is 0.341 e. The van der Waals surface area contributed by atoms with Crippen molar-refractivity contribution in [1.29, 1.82) is 0 Å². The molecule has 0 radical (unpaired) electrons. The van der Waals surface area contributed by atoms with Gasteiger partial charge < -0.3 is 10.2 Å². The summed E-state index contributed by atoms with van der Waals surface area (Å²) in [6.45, 7) is 7.41. The molecule has 1 fully saturated rings. The Morgan fingerprint density at radius 2 is 1.84 bits per heavy atom. The first-order chi connectivity index (χ1) is 14.9. The van der Waals surface area contributed by atoms with Crippen molar-refractivity contribution in [3.05, 3.63) is 59.4 Å². The fraction of sp³-hybridized carbons (Fsp3) is 0.417. The zero-order chi connectivity index (χ0) is 22.0. The molecule has 4 rings (SSSR count). The van der Waals surface area contributed by atoms with Gasteiger partial charge in [-0.05, 0) is 45.2 Å². The van der Waals surface area contributed by atoms with E-state index in [2.05, 4.69) is 15.4 Å². The van der Waals surface area contributed by atoms with Crippen LogP contribution in [0.25, 0.3) is 11.0 Å². The first-order valence-electron chi connectivity index (χ1n) is 10.9. The predicted molar refractivity (Wildman–Crippen MR) is 120 cm³/mol. The van der Waals surface area contributed by atoms with E-state index in [0.717, 1.165) is 42.5 Å². The zero-order valence-corrected chi connectivity index (χ0v) is 18.3. The summed E-state index contributed by atoms with van der Waals surface area (Å²) in [7, 11) is 0. The normalized spacial score (nSPS) is 14.9. The molecular formula is C24H29N5O2. The summed E-state index contributed by atoms with van der Waals surface area (Å²) in [5.41, 5.74) is 2.88. The number of carbonyl (C=O) groups is 2. The lowest BCUT2D eigenvalue weighted by atomic mass is 10.0. The minimum Gasteiger partial charge on any atom is -0.341 e. The van der Waals surface area contributed by atoms with Crippen LogP contribution in [-0.2, 0) is 11.2 Å². The molecule has 1 unspecified atom stereocenters. The molecule has 7 heteroatoms. The highest BCUT2D eigenvalue weighted by Crippen LogP contribution is 2.20. The second kappa shape index (κ2) is 8.88. The van der Waals surface area contributed by atoms with E-state index in [4.69, 9.17) is 0 Å². The molecule has 1 aromatic carbocycles. The molecule has 3 aromatic rings. The van der Waals surface area contributed by atoms with Gasteiger partial charge in [0.15, 0.2) is 5.65 Å². The van der Waals surface area contributed by atoms with Gasteiger partial charge in [-0.2, -0.15) is 5.10 Å². The molecule has 1 atom stereocenters. The van der Waals surface area contributed by atoms with Gasteiger partial charge >= 0.3 is 0 Å². The molecule has 162 valence electrons. The molecule has 31 heavy (non-hydrogen) atoms. The smallest absolute Gasteiger partial charge is 0.253 e. The number of carbonyl (C=O) groups excluding carboxylic acids is 2. The quantitative estimate of drug-likeness (QED) is 0.665. The highest BCUT2D eigenvalue weighted by Gasteiger charge is 2.29. The maximum atomic E-state index is 13.2. The van der Waals surface area contributed by atoms with Crippen LogP contribution in [0.2, 0.25) is 0 Å². The molecule has 2 aromatic heterocycles.